The molecule has 0 saturated heterocycles. The van der Waals surface area contributed by atoms with Crippen LogP contribution in [0.25, 0.3) is 61.1 Å². The van der Waals surface area contributed by atoms with Crippen molar-refractivity contribution in [1.82, 2.24) is 14.5 Å². The maximum Gasteiger partial charge on any atom is 0.159 e. The average molecular weight is 552 g/mol. The number of aromatic nitrogens is 3. The number of hydrogen-bond donors (Lipinski definition) is 0. The highest BCUT2D eigenvalue weighted by atomic mass is 15.0. The molecule has 0 amide bonds. The Morgan fingerprint density at radius 2 is 1.12 bits per heavy atom. The van der Waals surface area contributed by atoms with E-state index in [-0.39, 0.29) is 0 Å². The van der Waals surface area contributed by atoms with Gasteiger partial charge in [-0.1, -0.05) is 60.7 Å². The smallest absolute Gasteiger partial charge is 0.159 e. The Morgan fingerprint density at radius 3 is 1.63 bits per heavy atom. The van der Waals surface area contributed by atoms with Crippen molar-refractivity contribution >= 4 is 21.8 Å². The third-order valence-corrected chi connectivity index (χ3v) is 8.07. The molecule has 5 heteroatoms. The van der Waals surface area contributed by atoms with E-state index in [1.807, 2.05) is 24.3 Å². The first kappa shape index (κ1) is 25.9. The molecule has 0 aliphatic heterocycles. The Hall–Kier alpha value is -6.04. The summed E-state index contributed by atoms with van der Waals surface area (Å²) in [6, 6.07) is 40.2. The van der Waals surface area contributed by atoms with Gasteiger partial charge < -0.3 is 4.57 Å². The van der Waals surface area contributed by atoms with E-state index in [1.165, 1.54) is 34.6 Å². The molecule has 5 nitrogen and oxygen atoms in total. The van der Waals surface area contributed by atoms with Gasteiger partial charge in [0.05, 0.1) is 27.8 Å². The van der Waals surface area contributed by atoms with Crippen molar-refractivity contribution in [3.8, 4) is 51.5 Å². The number of fused-ring (bicyclic) bond motifs is 3. The summed E-state index contributed by atoms with van der Waals surface area (Å²) in [4.78, 5) is 8.66. The van der Waals surface area contributed by atoms with Crippen LogP contribution in [-0.4, -0.2) is 14.5 Å². The number of hydrogen-bond acceptors (Lipinski definition) is 4. The fraction of sp³-hybridized carbons (Fsp3) is 0.0526. The lowest BCUT2D eigenvalue weighted by atomic mass is 9.97. The number of nitrogens with zero attached hydrogens (tertiary/aromatic N) is 5. The summed E-state index contributed by atoms with van der Waals surface area (Å²) in [6.07, 6.45) is 2.99. The third-order valence-electron chi connectivity index (χ3n) is 8.07. The molecule has 0 spiro atoms. The van der Waals surface area contributed by atoms with Crippen LogP contribution in [0, 0.1) is 36.5 Å². The molecule has 5 aromatic carbocycles. The lowest BCUT2D eigenvalue weighted by Crippen LogP contribution is -1.99. The molecule has 0 radical (unpaired) electrons. The molecule has 0 unspecified atom stereocenters. The molecule has 0 saturated carbocycles. The van der Waals surface area contributed by atoms with Crippen molar-refractivity contribution in [1.29, 1.82) is 10.5 Å². The zero-order valence-corrected chi connectivity index (χ0v) is 23.7. The standard InChI is InChI=1S/C38H25N5/c1-24-7-3-5-9-31(24)27-11-15-36-33(18-27)34-19-28(32-10-6-4-8-25(32)2)12-16-37(34)43(36)35-14-13-29(17-30(35)21-40)38-41-22-26(20-39)23-42-38/h3-19,22-23H,1-2H3. The largest absolute Gasteiger partial charge is 0.308 e. The molecule has 0 fully saturated rings. The molecule has 7 rings (SSSR count). The fourth-order valence-electron chi connectivity index (χ4n) is 5.91. The average Bonchev–Trinajstić information content (AvgIpc) is 3.37. The number of nitriles is 2. The minimum Gasteiger partial charge on any atom is -0.308 e. The topological polar surface area (TPSA) is 78.3 Å². The Labute approximate surface area is 249 Å². The van der Waals surface area contributed by atoms with Crippen LogP contribution in [0.4, 0.5) is 0 Å². The zero-order chi connectivity index (χ0) is 29.5. The second-order valence-corrected chi connectivity index (χ2v) is 10.7. The minimum absolute atomic E-state index is 0.390. The number of benzene rings is 5. The van der Waals surface area contributed by atoms with Crippen LogP contribution in [-0.2, 0) is 0 Å². The molecule has 0 atom stereocenters. The van der Waals surface area contributed by atoms with Crippen molar-refractivity contribution in [3.63, 3.8) is 0 Å². The van der Waals surface area contributed by atoms with Crippen LogP contribution in [0.1, 0.15) is 22.3 Å². The van der Waals surface area contributed by atoms with Crippen LogP contribution in [0.3, 0.4) is 0 Å². The third kappa shape index (κ3) is 4.41. The molecular weight excluding hydrogens is 526 g/mol. The molecule has 43 heavy (non-hydrogen) atoms. The van der Waals surface area contributed by atoms with Gasteiger partial charge in [-0.25, -0.2) is 9.97 Å². The lowest BCUT2D eigenvalue weighted by Gasteiger charge is -2.12. The first-order valence-electron chi connectivity index (χ1n) is 14.0. The predicted octanol–water partition coefficient (Wildman–Crippen LogP) is 8.93. The van der Waals surface area contributed by atoms with E-state index in [0.29, 0.717) is 22.5 Å². The van der Waals surface area contributed by atoms with E-state index in [2.05, 4.69) is 119 Å². The minimum atomic E-state index is 0.390. The van der Waals surface area contributed by atoms with Gasteiger partial charge in [0.1, 0.15) is 12.1 Å². The van der Waals surface area contributed by atoms with Crippen LogP contribution >= 0.6 is 0 Å². The molecular formula is C38H25N5. The van der Waals surface area contributed by atoms with Crippen molar-refractivity contribution in [2.24, 2.45) is 0 Å². The highest BCUT2D eigenvalue weighted by Crippen LogP contribution is 2.39. The first-order valence-corrected chi connectivity index (χ1v) is 14.0. The van der Waals surface area contributed by atoms with E-state index in [1.54, 1.807) is 0 Å². The SMILES string of the molecule is Cc1ccccc1-c1ccc2c(c1)c1cc(-c3ccccc3C)ccc1n2-c1ccc(-c2ncc(C#N)cn2)cc1C#N. The maximum absolute atomic E-state index is 10.3. The second-order valence-electron chi connectivity index (χ2n) is 10.7. The Balaban J connectivity index is 1.48. The van der Waals surface area contributed by atoms with Gasteiger partial charge >= 0.3 is 0 Å². The highest BCUT2D eigenvalue weighted by Gasteiger charge is 2.18. The summed E-state index contributed by atoms with van der Waals surface area (Å²) >= 11 is 0. The van der Waals surface area contributed by atoms with Crippen LogP contribution < -0.4 is 0 Å². The van der Waals surface area contributed by atoms with Crippen LogP contribution in [0.5, 0.6) is 0 Å². The Kier molecular flexibility index (Phi) is 6.27. The van der Waals surface area contributed by atoms with Crippen molar-refractivity contribution in [3.05, 3.63) is 138 Å². The Bertz CT molecular complexity index is 2180. The van der Waals surface area contributed by atoms with Crippen LogP contribution in [0.15, 0.2) is 116 Å². The number of rotatable bonds is 4. The van der Waals surface area contributed by atoms with E-state index < -0.39 is 0 Å². The quantitative estimate of drug-likeness (QED) is 0.219. The van der Waals surface area contributed by atoms with Gasteiger partial charge in [0.15, 0.2) is 5.82 Å². The zero-order valence-electron chi connectivity index (χ0n) is 23.7. The molecule has 202 valence electrons. The van der Waals surface area contributed by atoms with Gasteiger partial charge in [0.25, 0.3) is 0 Å². The molecule has 0 bridgehead atoms. The fourth-order valence-corrected chi connectivity index (χ4v) is 5.91. The summed E-state index contributed by atoms with van der Waals surface area (Å²) in [5, 5.41) is 21.7. The van der Waals surface area contributed by atoms with Crippen molar-refractivity contribution in [2.75, 3.05) is 0 Å². The van der Waals surface area contributed by atoms with Gasteiger partial charge in [-0.05, 0) is 89.7 Å². The second kappa shape index (κ2) is 10.4. The predicted molar refractivity (Wildman–Crippen MR) is 172 cm³/mol. The summed E-state index contributed by atoms with van der Waals surface area (Å²) < 4.78 is 2.18. The van der Waals surface area contributed by atoms with E-state index >= 15 is 0 Å². The summed E-state index contributed by atoms with van der Waals surface area (Å²) in [7, 11) is 0. The summed E-state index contributed by atoms with van der Waals surface area (Å²) in [5.41, 5.74) is 11.6. The van der Waals surface area contributed by atoms with E-state index in [0.717, 1.165) is 38.6 Å². The summed E-state index contributed by atoms with van der Waals surface area (Å²) in [6.45, 7) is 4.27. The van der Waals surface area contributed by atoms with Gasteiger partial charge in [0, 0.05) is 28.7 Å². The molecule has 7 aromatic rings. The Morgan fingerprint density at radius 1 is 0.581 bits per heavy atom. The van der Waals surface area contributed by atoms with E-state index in [9.17, 15) is 5.26 Å². The summed E-state index contributed by atoms with van der Waals surface area (Å²) in [5.74, 6) is 0.468. The number of aryl methyl sites for hydroxylation is 2. The normalized spacial score (nSPS) is 11.0. The maximum atomic E-state index is 10.3. The molecule has 2 aromatic heterocycles. The lowest BCUT2D eigenvalue weighted by molar-refractivity contribution is 1.14. The monoisotopic (exact) mass is 551 g/mol. The van der Waals surface area contributed by atoms with Gasteiger partial charge in [-0.15, -0.1) is 0 Å². The van der Waals surface area contributed by atoms with E-state index in [4.69, 9.17) is 5.26 Å². The van der Waals surface area contributed by atoms with Gasteiger partial charge in [-0.2, -0.15) is 10.5 Å². The van der Waals surface area contributed by atoms with Crippen molar-refractivity contribution in [2.45, 2.75) is 13.8 Å². The van der Waals surface area contributed by atoms with Crippen LogP contribution in [0.2, 0.25) is 0 Å². The molecule has 0 aliphatic rings. The van der Waals surface area contributed by atoms with Crippen molar-refractivity contribution < 1.29 is 0 Å². The molecule has 0 N–H and O–H groups in total. The molecule has 0 aliphatic carbocycles. The first-order chi connectivity index (χ1) is 21.1. The highest BCUT2D eigenvalue weighted by molar-refractivity contribution is 6.12. The van der Waals surface area contributed by atoms with Gasteiger partial charge in [-0.3, -0.25) is 0 Å². The van der Waals surface area contributed by atoms with Gasteiger partial charge in [0.2, 0.25) is 0 Å². The molecule has 2 heterocycles.